The molecule has 0 radical (unpaired) electrons. The summed E-state index contributed by atoms with van der Waals surface area (Å²) in [5, 5.41) is 14.1. The van der Waals surface area contributed by atoms with Gasteiger partial charge < -0.3 is 0 Å². The second kappa shape index (κ2) is 8.32. The van der Waals surface area contributed by atoms with Gasteiger partial charge >= 0.3 is 0 Å². The summed E-state index contributed by atoms with van der Waals surface area (Å²) in [7, 11) is -3.87. The number of primary sulfonamides is 1. The monoisotopic (exact) mass is 430 g/mol. The SMILES string of the molecule is CCCc1ccc(C#N)c(SC2CC(=O)N(c3ccc(S(N)(=O)=O)cc3)C2=O)n1. The number of sulfonamides is 1. The Morgan fingerprint density at radius 3 is 2.52 bits per heavy atom. The van der Waals surface area contributed by atoms with Gasteiger partial charge in [0.1, 0.15) is 11.1 Å². The number of nitrogens with zero attached hydrogens (tertiary/aromatic N) is 3. The quantitative estimate of drug-likeness (QED) is 0.692. The highest BCUT2D eigenvalue weighted by atomic mass is 32.2. The predicted molar refractivity (Wildman–Crippen MR) is 108 cm³/mol. The van der Waals surface area contributed by atoms with Crippen molar-refractivity contribution in [3.63, 3.8) is 0 Å². The van der Waals surface area contributed by atoms with Gasteiger partial charge in [0.15, 0.2) is 0 Å². The van der Waals surface area contributed by atoms with Crippen LogP contribution >= 0.6 is 11.8 Å². The van der Waals surface area contributed by atoms with Gasteiger partial charge in [0.2, 0.25) is 21.8 Å². The van der Waals surface area contributed by atoms with Crippen molar-refractivity contribution < 1.29 is 18.0 Å². The zero-order chi connectivity index (χ0) is 21.2. The molecule has 1 unspecified atom stereocenters. The van der Waals surface area contributed by atoms with Crippen LogP contribution in [0.4, 0.5) is 5.69 Å². The summed E-state index contributed by atoms with van der Waals surface area (Å²) in [5.74, 6) is -0.839. The summed E-state index contributed by atoms with van der Waals surface area (Å²) in [6.45, 7) is 2.02. The van der Waals surface area contributed by atoms with E-state index >= 15 is 0 Å². The lowest BCUT2D eigenvalue weighted by atomic mass is 10.2. The van der Waals surface area contributed by atoms with E-state index in [1.54, 1.807) is 12.1 Å². The molecule has 1 aliphatic heterocycles. The van der Waals surface area contributed by atoms with E-state index in [0.717, 1.165) is 35.2 Å². The zero-order valence-electron chi connectivity index (χ0n) is 15.5. The Kier molecular flexibility index (Phi) is 6.02. The van der Waals surface area contributed by atoms with Crippen molar-refractivity contribution in [1.82, 2.24) is 4.98 Å². The smallest absolute Gasteiger partial charge is 0.247 e. The Hall–Kier alpha value is -2.74. The Bertz CT molecular complexity index is 1110. The number of aryl methyl sites for hydroxylation is 1. The third-order valence-electron chi connectivity index (χ3n) is 4.33. The summed E-state index contributed by atoms with van der Waals surface area (Å²) in [6.07, 6.45) is 1.61. The molecule has 8 nitrogen and oxygen atoms in total. The first-order valence-corrected chi connectivity index (χ1v) is 11.2. The van der Waals surface area contributed by atoms with Crippen LogP contribution in [0.25, 0.3) is 0 Å². The maximum Gasteiger partial charge on any atom is 0.247 e. The fourth-order valence-electron chi connectivity index (χ4n) is 2.94. The van der Waals surface area contributed by atoms with Crippen LogP contribution in [-0.4, -0.2) is 30.5 Å². The molecule has 1 aromatic heterocycles. The van der Waals surface area contributed by atoms with E-state index in [4.69, 9.17) is 5.14 Å². The van der Waals surface area contributed by atoms with Crippen molar-refractivity contribution in [2.45, 2.75) is 41.4 Å². The minimum absolute atomic E-state index is 0.0367. The maximum absolute atomic E-state index is 12.8. The molecule has 2 aromatic rings. The highest BCUT2D eigenvalue weighted by Crippen LogP contribution is 2.35. The molecule has 150 valence electrons. The average Bonchev–Trinajstić information content (AvgIpc) is 2.95. The van der Waals surface area contributed by atoms with Crippen molar-refractivity contribution in [2.75, 3.05) is 4.90 Å². The summed E-state index contributed by atoms with van der Waals surface area (Å²) in [5.41, 5.74) is 1.44. The number of carbonyl (C=O) groups excluding carboxylic acids is 2. The number of anilines is 1. The number of imide groups is 1. The van der Waals surface area contributed by atoms with Crippen molar-refractivity contribution in [1.29, 1.82) is 5.26 Å². The first-order chi connectivity index (χ1) is 13.7. The van der Waals surface area contributed by atoms with Gasteiger partial charge in [0, 0.05) is 12.1 Å². The molecule has 29 heavy (non-hydrogen) atoms. The molecule has 0 saturated carbocycles. The van der Waals surface area contributed by atoms with Crippen LogP contribution < -0.4 is 10.0 Å². The number of nitrogens with two attached hydrogens (primary N) is 1. The molecule has 10 heteroatoms. The largest absolute Gasteiger partial charge is 0.274 e. The number of thioether (sulfide) groups is 1. The Labute approximate surface area is 172 Å². The lowest BCUT2D eigenvalue weighted by Crippen LogP contribution is -2.31. The number of hydrogen-bond donors (Lipinski definition) is 1. The molecule has 1 saturated heterocycles. The summed E-state index contributed by atoms with van der Waals surface area (Å²) >= 11 is 1.10. The Morgan fingerprint density at radius 2 is 1.93 bits per heavy atom. The van der Waals surface area contributed by atoms with Crippen LogP contribution in [0, 0.1) is 11.3 Å². The lowest BCUT2D eigenvalue weighted by Gasteiger charge is -2.15. The molecular weight excluding hydrogens is 412 g/mol. The van der Waals surface area contributed by atoms with Gasteiger partial charge in [-0.25, -0.2) is 23.4 Å². The molecule has 1 fully saturated rings. The number of aromatic nitrogens is 1. The highest BCUT2D eigenvalue weighted by Gasteiger charge is 2.40. The first kappa shape index (κ1) is 21.0. The number of rotatable bonds is 6. The van der Waals surface area contributed by atoms with Crippen molar-refractivity contribution in [3.8, 4) is 6.07 Å². The Morgan fingerprint density at radius 1 is 1.24 bits per heavy atom. The van der Waals surface area contributed by atoms with Gasteiger partial charge in [-0.3, -0.25) is 9.59 Å². The predicted octanol–water partition coefficient (Wildman–Crippen LogP) is 1.98. The van der Waals surface area contributed by atoms with E-state index in [0.29, 0.717) is 10.6 Å². The van der Waals surface area contributed by atoms with Crippen molar-refractivity contribution in [2.24, 2.45) is 5.14 Å². The molecule has 3 rings (SSSR count). The van der Waals surface area contributed by atoms with Crippen LogP contribution in [0.5, 0.6) is 0 Å². The van der Waals surface area contributed by atoms with Crippen molar-refractivity contribution >= 4 is 39.3 Å². The van der Waals surface area contributed by atoms with Crippen LogP contribution in [0.3, 0.4) is 0 Å². The normalized spacial score (nSPS) is 16.9. The second-order valence-electron chi connectivity index (χ2n) is 6.43. The zero-order valence-corrected chi connectivity index (χ0v) is 17.2. The molecule has 0 aliphatic carbocycles. The summed E-state index contributed by atoms with van der Waals surface area (Å²) in [4.78, 5) is 30.7. The number of nitriles is 1. The van der Waals surface area contributed by atoms with Gasteiger partial charge in [-0.2, -0.15) is 5.26 Å². The van der Waals surface area contributed by atoms with E-state index in [-0.39, 0.29) is 17.0 Å². The van der Waals surface area contributed by atoms with Gasteiger partial charge in [-0.1, -0.05) is 25.1 Å². The topological polar surface area (TPSA) is 134 Å². The molecule has 2 heterocycles. The molecule has 2 N–H and O–H groups in total. The highest BCUT2D eigenvalue weighted by molar-refractivity contribution is 8.00. The minimum atomic E-state index is -3.87. The lowest BCUT2D eigenvalue weighted by molar-refractivity contribution is -0.121. The van der Waals surface area contributed by atoms with E-state index < -0.39 is 27.1 Å². The molecule has 1 aliphatic rings. The molecule has 0 bridgehead atoms. The molecule has 1 aromatic carbocycles. The molecule has 0 spiro atoms. The molecular formula is C19H18N4O4S2. The number of benzene rings is 1. The van der Waals surface area contributed by atoms with Crippen LogP contribution in [-0.2, 0) is 26.0 Å². The van der Waals surface area contributed by atoms with E-state index in [9.17, 15) is 23.3 Å². The van der Waals surface area contributed by atoms with Gasteiger partial charge in [-0.05, 0) is 42.8 Å². The van der Waals surface area contributed by atoms with E-state index in [1.807, 2.05) is 6.92 Å². The van der Waals surface area contributed by atoms with Crippen molar-refractivity contribution in [3.05, 3.63) is 47.7 Å². The standard InChI is InChI=1S/C19H18N4O4S2/c1-2-3-13-5-4-12(11-20)18(22-13)28-16-10-17(24)23(19(16)25)14-6-8-15(9-7-14)29(21,26)27/h4-9,16H,2-3,10H2,1H3,(H2,21,26,27). The fraction of sp³-hybridized carbons (Fsp3) is 0.263. The van der Waals surface area contributed by atoms with Crippen LogP contribution in [0.1, 0.15) is 31.0 Å². The number of hydrogen-bond acceptors (Lipinski definition) is 7. The summed E-state index contributed by atoms with van der Waals surface area (Å²) in [6, 6.07) is 10.7. The Balaban J connectivity index is 1.84. The van der Waals surface area contributed by atoms with E-state index in [2.05, 4.69) is 11.1 Å². The summed E-state index contributed by atoms with van der Waals surface area (Å²) < 4.78 is 22.8. The third-order valence-corrected chi connectivity index (χ3v) is 6.44. The van der Waals surface area contributed by atoms with Crippen LogP contribution in [0.2, 0.25) is 0 Å². The first-order valence-electron chi connectivity index (χ1n) is 8.81. The minimum Gasteiger partial charge on any atom is -0.274 e. The number of pyridine rings is 1. The number of carbonyl (C=O) groups is 2. The van der Waals surface area contributed by atoms with Crippen LogP contribution in [0.15, 0.2) is 46.3 Å². The van der Waals surface area contributed by atoms with Gasteiger partial charge in [-0.15, -0.1) is 0 Å². The molecule has 2 amide bonds. The fourth-order valence-corrected chi connectivity index (χ4v) is 4.56. The van der Waals surface area contributed by atoms with Gasteiger partial charge in [0.05, 0.1) is 21.4 Å². The third kappa shape index (κ3) is 4.48. The second-order valence-corrected chi connectivity index (χ2v) is 9.19. The maximum atomic E-state index is 12.8. The number of amides is 2. The van der Waals surface area contributed by atoms with Gasteiger partial charge in [0.25, 0.3) is 0 Å². The average molecular weight is 431 g/mol. The van der Waals surface area contributed by atoms with E-state index in [1.165, 1.54) is 24.3 Å². The molecule has 1 atom stereocenters.